The van der Waals surface area contributed by atoms with Crippen LogP contribution in [0.2, 0.25) is 0 Å². The first-order valence-electron chi connectivity index (χ1n) is 14.5. The van der Waals surface area contributed by atoms with Crippen LogP contribution >= 0.6 is 22.7 Å². The Morgan fingerprint density at radius 2 is 1.28 bits per heavy atom. The summed E-state index contributed by atoms with van der Waals surface area (Å²) in [5.74, 6) is 10.7. The van der Waals surface area contributed by atoms with Gasteiger partial charge in [-0.1, -0.05) is 29.7 Å². The van der Waals surface area contributed by atoms with Gasteiger partial charge in [0.25, 0.3) is 0 Å². The smallest absolute Gasteiger partial charge is 0.150 e. The monoisotopic (exact) mass is 634 g/mol. The summed E-state index contributed by atoms with van der Waals surface area (Å²) in [6, 6.07) is 22.7. The molecule has 6 aromatic heterocycles. The molecule has 0 aliphatic carbocycles. The zero-order valence-electron chi connectivity index (χ0n) is 24.5. The van der Waals surface area contributed by atoms with E-state index in [2.05, 4.69) is 43.6 Å². The van der Waals surface area contributed by atoms with Gasteiger partial charge in [-0.25, -0.2) is 0 Å². The predicted molar refractivity (Wildman–Crippen MR) is 181 cm³/mol. The Hall–Kier alpha value is -5.54. The van der Waals surface area contributed by atoms with Crippen LogP contribution < -0.4 is 0 Å². The van der Waals surface area contributed by atoms with E-state index in [9.17, 15) is 9.59 Å². The number of aldehydes is 1. The highest BCUT2D eigenvalue weighted by Gasteiger charge is 2.37. The van der Waals surface area contributed by atoms with Crippen molar-refractivity contribution in [1.29, 1.82) is 0 Å². The van der Waals surface area contributed by atoms with E-state index in [0.717, 1.165) is 42.5 Å². The molecule has 0 amide bonds. The second-order valence-corrected chi connectivity index (χ2v) is 12.6. The van der Waals surface area contributed by atoms with Gasteiger partial charge in [0.15, 0.2) is 5.78 Å². The molecule has 222 valence electrons. The first-order valence-corrected chi connectivity index (χ1v) is 16.1. The van der Waals surface area contributed by atoms with E-state index in [-0.39, 0.29) is 5.78 Å². The Balaban J connectivity index is 1.40. The van der Waals surface area contributed by atoms with Crippen molar-refractivity contribution in [3.05, 3.63) is 164 Å². The topological polar surface area (TPSA) is 85.7 Å². The predicted octanol–water partition coefficient (Wildman–Crippen LogP) is 6.85. The summed E-state index contributed by atoms with van der Waals surface area (Å²) in [6.45, 7) is 0. The number of pyridine rings is 4. The Morgan fingerprint density at radius 3 is 1.93 bits per heavy atom. The number of thiophene rings is 2. The Labute approximate surface area is 275 Å². The van der Waals surface area contributed by atoms with Gasteiger partial charge in [0.1, 0.15) is 6.29 Å². The molecule has 0 saturated carbocycles. The number of nitrogens with zero attached hydrogens (tertiary/aromatic N) is 4. The van der Waals surface area contributed by atoms with Gasteiger partial charge in [0.05, 0.1) is 27.5 Å². The molecule has 0 saturated heterocycles. The van der Waals surface area contributed by atoms with Crippen molar-refractivity contribution in [2.45, 2.75) is 24.2 Å². The molecule has 0 spiro atoms. The second kappa shape index (κ2) is 15.0. The fraction of sp³-hybridized carbons (Fsp3) is 0.105. The normalized spacial score (nSPS) is 12.4. The van der Waals surface area contributed by atoms with Crippen LogP contribution in [0.4, 0.5) is 0 Å². The van der Waals surface area contributed by atoms with Crippen molar-refractivity contribution < 1.29 is 9.59 Å². The Bertz CT molecular complexity index is 2040. The molecule has 8 heteroatoms. The highest BCUT2D eigenvalue weighted by Crippen LogP contribution is 2.41. The zero-order valence-corrected chi connectivity index (χ0v) is 26.1. The van der Waals surface area contributed by atoms with Crippen LogP contribution in [0.15, 0.2) is 122 Å². The van der Waals surface area contributed by atoms with E-state index >= 15 is 0 Å². The van der Waals surface area contributed by atoms with Gasteiger partial charge in [-0.3, -0.25) is 24.7 Å². The van der Waals surface area contributed by atoms with Crippen molar-refractivity contribution in [3.8, 4) is 23.7 Å². The highest BCUT2D eigenvalue weighted by molar-refractivity contribution is 7.13. The molecule has 0 N–H and O–H groups in total. The van der Waals surface area contributed by atoms with Gasteiger partial charge in [0.2, 0.25) is 0 Å². The van der Waals surface area contributed by atoms with Crippen LogP contribution in [0.5, 0.6) is 0 Å². The SMILES string of the molecule is O=CC(c1cccnc1)C(C(=O)C(Cc1ccncc1)c1ccc(C#Cc2ccncc2)s1)c1ccc(C#Cc2cccnc2)s1. The fourth-order valence-corrected chi connectivity index (χ4v) is 7.05. The Kier molecular flexibility index (Phi) is 9.92. The third-order valence-electron chi connectivity index (χ3n) is 7.32. The lowest BCUT2D eigenvalue weighted by molar-refractivity contribution is -0.124. The van der Waals surface area contributed by atoms with Gasteiger partial charge < -0.3 is 4.79 Å². The average Bonchev–Trinajstić information content (AvgIpc) is 3.79. The van der Waals surface area contributed by atoms with Crippen LogP contribution in [-0.4, -0.2) is 32.0 Å². The number of carbonyl (C=O) groups excluding carboxylic acids is 2. The van der Waals surface area contributed by atoms with Gasteiger partial charge in [0, 0.05) is 70.5 Å². The summed E-state index contributed by atoms with van der Waals surface area (Å²) < 4.78 is 0. The van der Waals surface area contributed by atoms with E-state index in [0.29, 0.717) is 12.0 Å². The molecule has 0 fully saturated rings. The standard InChI is InChI=1S/C38H26N4O2S2/c43-26-34(30-4-2-18-42-25-30)37(36-12-10-32(46-36)8-6-29-3-1-17-41-24-29)38(44)33(23-28-15-21-40-22-16-28)35-11-9-31(45-35)7-5-27-13-19-39-20-14-27/h1-4,9-22,24-26,33-34,37H,23H2. The van der Waals surface area contributed by atoms with E-state index in [1.165, 1.54) is 22.7 Å². The number of hydrogen-bond donors (Lipinski definition) is 0. The number of Topliss-reactive ketones (excluding diaryl/α,β-unsaturated/α-hetero) is 1. The maximum Gasteiger partial charge on any atom is 0.150 e. The minimum atomic E-state index is -0.749. The molecule has 46 heavy (non-hydrogen) atoms. The molecule has 0 aliphatic heterocycles. The number of carbonyl (C=O) groups is 2. The molecule has 6 aromatic rings. The van der Waals surface area contributed by atoms with E-state index in [1.807, 2.05) is 66.7 Å². The Morgan fingerprint density at radius 1 is 0.652 bits per heavy atom. The molecule has 3 atom stereocenters. The summed E-state index contributed by atoms with van der Waals surface area (Å²) in [4.78, 5) is 47.7. The number of rotatable bonds is 9. The third-order valence-corrected chi connectivity index (χ3v) is 9.52. The summed E-state index contributed by atoms with van der Waals surface area (Å²) in [6.07, 6.45) is 14.9. The van der Waals surface area contributed by atoms with Crippen molar-refractivity contribution in [2.24, 2.45) is 0 Å². The second-order valence-electron chi connectivity index (χ2n) is 10.3. The molecule has 6 nitrogen and oxygen atoms in total. The van der Waals surface area contributed by atoms with E-state index < -0.39 is 17.8 Å². The summed E-state index contributed by atoms with van der Waals surface area (Å²) >= 11 is 2.92. The van der Waals surface area contributed by atoms with Crippen molar-refractivity contribution in [3.63, 3.8) is 0 Å². The minimum Gasteiger partial charge on any atom is -0.303 e. The van der Waals surface area contributed by atoms with Crippen LogP contribution in [-0.2, 0) is 16.0 Å². The summed E-state index contributed by atoms with van der Waals surface area (Å²) in [7, 11) is 0. The quantitative estimate of drug-likeness (QED) is 0.128. The largest absolute Gasteiger partial charge is 0.303 e. The van der Waals surface area contributed by atoms with E-state index in [4.69, 9.17) is 0 Å². The number of aromatic nitrogens is 4. The van der Waals surface area contributed by atoms with Gasteiger partial charge in [-0.2, -0.15) is 0 Å². The number of ketones is 1. The maximum atomic E-state index is 14.9. The maximum absolute atomic E-state index is 14.9. The van der Waals surface area contributed by atoms with Gasteiger partial charge in [-0.15, -0.1) is 22.7 Å². The van der Waals surface area contributed by atoms with Crippen LogP contribution in [0, 0.1) is 23.7 Å². The van der Waals surface area contributed by atoms with Crippen molar-refractivity contribution in [1.82, 2.24) is 19.9 Å². The average molecular weight is 635 g/mol. The molecule has 0 bridgehead atoms. The highest BCUT2D eigenvalue weighted by atomic mass is 32.1. The zero-order chi connectivity index (χ0) is 31.6. The van der Waals surface area contributed by atoms with Crippen molar-refractivity contribution in [2.75, 3.05) is 0 Å². The first kappa shape index (κ1) is 30.5. The van der Waals surface area contributed by atoms with Crippen molar-refractivity contribution >= 4 is 34.7 Å². The minimum absolute atomic E-state index is 0.0538. The summed E-state index contributed by atoms with van der Waals surface area (Å²) in [5.41, 5.74) is 3.32. The molecule has 3 unspecified atom stereocenters. The van der Waals surface area contributed by atoms with Gasteiger partial charge >= 0.3 is 0 Å². The third kappa shape index (κ3) is 7.57. The molecule has 0 aromatic carbocycles. The van der Waals surface area contributed by atoms with Gasteiger partial charge in [-0.05, 0) is 84.3 Å². The van der Waals surface area contributed by atoms with Crippen LogP contribution in [0.25, 0.3) is 0 Å². The molecular formula is C38H26N4O2S2. The lowest BCUT2D eigenvalue weighted by Crippen LogP contribution is -2.27. The van der Waals surface area contributed by atoms with Crippen LogP contribution in [0.1, 0.15) is 59.5 Å². The summed E-state index contributed by atoms with van der Waals surface area (Å²) in [5, 5.41) is 0. The molecule has 6 heterocycles. The lowest BCUT2D eigenvalue weighted by atomic mass is 9.77. The fourth-order valence-electron chi connectivity index (χ4n) is 5.06. The molecular weight excluding hydrogens is 609 g/mol. The van der Waals surface area contributed by atoms with E-state index in [1.54, 1.807) is 55.6 Å². The molecule has 0 aliphatic rings. The lowest BCUT2D eigenvalue weighted by Gasteiger charge is -2.25. The molecule has 0 radical (unpaired) electrons. The number of hydrogen-bond acceptors (Lipinski definition) is 8. The molecule has 6 rings (SSSR count). The van der Waals surface area contributed by atoms with Crippen LogP contribution in [0.3, 0.4) is 0 Å². The first-order chi connectivity index (χ1) is 22.7.